The van der Waals surface area contributed by atoms with Gasteiger partial charge in [-0.3, -0.25) is 9.52 Å². The Hall–Kier alpha value is -2.02. The summed E-state index contributed by atoms with van der Waals surface area (Å²) < 4.78 is 27.5. The molecule has 0 spiro atoms. The molecule has 0 unspecified atom stereocenters. The third kappa shape index (κ3) is 5.03. The van der Waals surface area contributed by atoms with Gasteiger partial charge in [-0.1, -0.05) is 41.4 Å². The smallest absolute Gasteiger partial charge is 0.264 e. The van der Waals surface area contributed by atoms with E-state index in [1.54, 1.807) is 30.3 Å². The molecular formula is C19H18Cl2N2O3S. The van der Waals surface area contributed by atoms with Crippen LogP contribution >= 0.6 is 23.2 Å². The van der Waals surface area contributed by atoms with Gasteiger partial charge in [0.15, 0.2) is 0 Å². The lowest BCUT2D eigenvalue weighted by molar-refractivity contribution is -0.116. The van der Waals surface area contributed by atoms with Crippen molar-refractivity contribution < 1.29 is 13.2 Å². The molecule has 5 nitrogen and oxygen atoms in total. The van der Waals surface area contributed by atoms with Gasteiger partial charge in [0.05, 0.1) is 10.0 Å². The fourth-order valence-corrected chi connectivity index (χ4v) is 5.09. The third-order valence-corrected chi connectivity index (χ3v) is 6.50. The van der Waals surface area contributed by atoms with E-state index in [1.807, 2.05) is 0 Å². The third-order valence-electron chi connectivity index (χ3n) is 4.17. The predicted octanol–water partition coefficient (Wildman–Crippen LogP) is 5.09. The van der Waals surface area contributed by atoms with E-state index in [0.29, 0.717) is 17.8 Å². The number of benzene rings is 2. The van der Waals surface area contributed by atoms with Crippen LogP contribution in [0.25, 0.3) is 0 Å². The minimum atomic E-state index is -3.94. The number of sulfonamides is 1. The summed E-state index contributed by atoms with van der Waals surface area (Å²) in [6.45, 7) is 0. The Morgan fingerprint density at radius 1 is 1.04 bits per heavy atom. The molecule has 1 aliphatic carbocycles. The molecule has 2 aromatic rings. The maximum Gasteiger partial charge on any atom is 0.264 e. The molecule has 0 heterocycles. The number of hydrogen-bond donors (Lipinski definition) is 2. The highest BCUT2D eigenvalue weighted by atomic mass is 35.5. The highest BCUT2D eigenvalue weighted by molar-refractivity contribution is 7.93. The van der Waals surface area contributed by atoms with Crippen LogP contribution in [0.1, 0.15) is 19.3 Å². The topological polar surface area (TPSA) is 75.3 Å². The van der Waals surface area contributed by atoms with E-state index in [-0.39, 0.29) is 26.8 Å². The van der Waals surface area contributed by atoms with Crippen molar-refractivity contribution in [3.8, 4) is 0 Å². The van der Waals surface area contributed by atoms with E-state index in [0.717, 1.165) is 12.8 Å². The first-order valence-electron chi connectivity index (χ1n) is 8.38. The van der Waals surface area contributed by atoms with Crippen LogP contribution in [0.2, 0.25) is 10.0 Å². The molecule has 8 heteroatoms. The highest BCUT2D eigenvalue weighted by Gasteiger charge is 2.21. The van der Waals surface area contributed by atoms with Gasteiger partial charge in [0, 0.05) is 17.8 Å². The second-order valence-electron chi connectivity index (χ2n) is 6.25. The molecule has 1 amide bonds. The second-order valence-corrected chi connectivity index (χ2v) is 8.69. The van der Waals surface area contributed by atoms with E-state index in [2.05, 4.69) is 22.2 Å². The Labute approximate surface area is 168 Å². The largest absolute Gasteiger partial charge is 0.326 e. The molecule has 0 saturated heterocycles. The van der Waals surface area contributed by atoms with Crippen molar-refractivity contribution >= 4 is 50.5 Å². The normalized spacial score (nSPS) is 16.3. The van der Waals surface area contributed by atoms with Crippen LogP contribution in [0.3, 0.4) is 0 Å². The van der Waals surface area contributed by atoms with Crippen molar-refractivity contribution in [1.29, 1.82) is 0 Å². The zero-order valence-corrected chi connectivity index (χ0v) is 16.6. The summed E-state index contributed by atoms with van der Waals surface area (Å²) in [6, 6.07) is 10.9. The summed E-state index contributed by atoms with van der Waals surface area (Å²) in [7, 11) is -3.94. The van der Waals surface area contributed by atoms with Crippen LogP contribution in [0, 0.1) is 5.92 Å². The molecular weight excluding hydrogens is 407 g/mol. The lowest BCUT2D eigenvalue weighted by atomic mass is 10.1. The average Bonchev–Trinajstić information content (AvgIpc) is 3.09. The Bertz CT molecular complexity index is 953. The maximum atomic E-state index is 12.5. The maximum absolute atomic E-state index is 12.5. The number of allylic oxidation sites excluding steroid dienone is 2. The van der Waals surface area contributed by atoms with Gasteiger partial charge in [-0.2, -0.15) is 0 Å². The first-order chi connectivity index (χ1) is 12.8. The summed E-state index contributed by atoms with van der Waals surface area (Å²) >= 11 is 12.0. The summed E-state index contributed by atoms with van der Waals surface area (Å²) in [6.07, 6.45) is 6.61. The molecule has 0 bridgehead atoms. The van der Waals surface area contributed by atoms with Crippen molar-refractivity contribution in [3.63, 3.8) is 0 Å². The van der Waals surface area contributed by atoms with Gasteiger partial charge >= 0.3 is 0 Å². The van der Waals surface area contributed by atoms with Crippen LogP contribution < -0.4 is 10.0 Å². The second kappa shape index (κ2) is 8.33. The minimum absolute atomic E-state index is 0.0415. The Balaban J connectivity index is 1.66. The minimum Gasteiger partial charge on any atom is -0.326 e. The number of anilines is 2. The zero-order chi connectivity index (χ0) is 19.4. The van der Waals surface area contributed by atoms with Crippen LogP contribution in [-0.4, -0.2) is 14.3 Å². The fourth-order valence-electron chi connectivity index (χ4n) is 2.88. The number of halogens is 2. The molecule has 1 atom stereocenters. The molecule has 1 aliphatic rings. The van der Waals surface area contributed by atoms with Crippen molar-refractivity contribution in [2.75, 3.05) is 10.0 Å². The summed E-state index contributed by atoms with van der Waals surface area (Å²) in [5.74, 6) is 0.221. The van der Waals surface area contributed by atoms with Crippen LogP contribution in [0.4, 0.5) is 11.4 Å². The Morgan fingerprint density at radius 3 is 2.26 bits per heavy atom. The van der Waals surface area contributed by atoms with Crippen molar-refractivity contribution in [1.82, 2.24) is 0 Å². The first-order valence-corrected chi connectivity index (χ1v) is 10.6. The van der Waals surface area contributed by atoms with Crippen LogP contribution in [0.5, 0.6) is 0 Å². The molecule has 0 radical (unpaired) electrons. The summed E-state index contributed by atoms with van der Waals surface area (Å²) in [5.41, 5.74) is 0.934. The molecule has 2 N–H and O–H groups in total. The monoisotopic (exact) mass is 424 g/mol. The summed E-state index contributed by atoms with van der Waals surface area (Å²) in [4.78, 5) is 11.9. The quantitative estimate of drug-likeness (QED) is 0.634. The zero-order valence-electron chi connectivity index (χ0n) is 14.3. The number of hydrogen-bond acceptors (Lipinski definition) is 3. The van der Waals surface area contributed by atoms with E-state index >= 15 is 0 Å². The van der Waals surface area contributed by atoms with Crippen molar-refractivity contribution in [3.05, 3.63) is 64.7 Å². The van der Waals surface area contributed by atoms with E-state index < -0.39 is 10.0 Å². The van der Waals surface area contributed by atoms with Crippen molar-refractivity contribution in [2.24, 2.45) is 5.92 Å². The number of carbonyl (C=O) groups is 1. The summed E-state index contributed by atoms with van der Waals surface area (Å²) in [5, 5.41) is 2.90. The van der Waals surface area contributed by atoms with Gasteiger partial charge in [0.2, 0.25) is 5.91 Å². The molecule has 0 saturated carbocycles. The Morgan fingerprint density at radius 2 is 1.67 bits per heavy atom. The van der Waals surface area contributed by atoms with Gasteiger partial charge < -0.3 is 5.32 Å². The van der Waals surface area contributed by atoms with Gasteiger partial charge in [0.25, 0.3) is 10.0 Å². The predicted molar refractivity (Wildman–Crippen MR) is 109 cm³/mol. The molecule has 27 heavy (non-hydrogen) atoms. The van der Waals surface area contributed by atoms with E-state index in [4.69, 9.17) is 23.2 Å². The standard InChI is InChI=1S/C19H18Cl2N2O3S/c20-16-6-3-7-17(21)19(16)27(25,26)23-15-10-8-14(9-11-15)22-18(24)12-13-4-1-2-5-13/h1,3-4,6-11,13,23H,2,5,12H2,(H,22,24)/t13-/m1/s1. The number of carbonyl (C=O) groups excluding carboxylic acids is 1. The molecule has 0 aliphatic heterocycles. The fraction of sp³-hybridized carbons (Fsp3) is 0.211. The van der Waals surface area contributed by atoms with E-state index in [1.165, 1.54) is 12.1 Å². The molecule has 3 rings (SSSR count). The lowest BCUT2D eigenvalue weighted by Gasteiger charge is -2.12. The van der Waals surface area contributed by atoms with Gasteiger partial charge in [0.1, 0.15) is 4.90 Å². The van der Waals surface area contributed by atoms with Gasteiger partial charge in [-0.25, -0.2) is 8.42 Å². The van der Waals surface area contributed by atoms with Crippen molar-refractivity contribution in [2.45, 2.75) is 24.2 Å². The lowest BCUT2D eigenvalue weighted by Crippen LogP contribution is -2.15. The number of amides is 1. The molecule has 0 aromatic heterocycles. The highest BCUT2D eigenvalue weighted by Crippen LogP contribution is 2.30. The Kier molecular flexibility index (Phi) is 6.09. The van der Waals surface area contributed by atoms with Gasteiger partial charge in [-0.15, -0.1) is 0 Å². The molecule has 142 valence electrons. The van der Waals surface area contributed by atoms with Gasteiger partial charge in [-0.05, 0) is 55.2 Å². The van der Waals surface area contributed by atoms with E-state index in [9.17, 15) is 13.2 Å². The van der Waals surface area contributed by atoms with Crippen LogP contribution in [0.15, 0.2) is 59.5 Å². The van der Waals surface area contributed by atoms with Crippen LogP contribution in [-0.2, 0) is 14.8 Å². The number of rotatable bonds is 6. The molecule has 2 aromatic carbocycles. The number of nitrogens with one attached hydrogen (secondary N) is 2. The first kappa shape index (κ1) is 19.7. The average molecular weight is 425 g/mol. The SMILES string of the molecule is O=C(C[C@@H]1C=CCC1)Nc1ccc(NS(=O)(=O)c2c(Cl)cccc2Cl)cc1. The molecule has 0 fully saturated rings.